The van der Waals surface area contributed by atoms with Crippen LogP contribution in [0.25, 0.3) is 11.0 Å². The number of carbonyl (C=O) groups is 1. The molecular formula is C11H7N3O2Se. The van der Waals surface area contributed by atoms with Gasteiger partial charge in [0.15, 0.2) is 0 Å². The van der Waals surface area contributed by atoms with Crippen LogP contribution in [0.5, 0.6) is 0 Å². The number of amides is 1. The molecule has 0 fully saturated rings. The van der Waals surface area contributed by atoms with Crippen molar-refractivity contribution in [3.8, 4) is 0 Å². The average Bonchev–Trinajstić information content (AvgIpc) is 3.00. The van der Waals surface area contributed by atoms with Gasteiger partial charge in [0.05, 0.1) is 0 Å². The van der Waals surface area contributed by atoms with Crippen LogP contribution in [0, 0.1) is 0 Å². The molecule has 3 aromatic rings. The zero-order chi connectivity index (χ0) is 11.7. The van der Waals surface area contributed by atoms with Gasteiger partial charge in [0.2, 0.25) is 0 Å². The number of benzene rings is 1. The van der Waals surface area contributed by atoms with Crippen molar-refractivity contribution in [2.75, 3.05) is 5.32 Å². The van der Waals surface area contributed by atoms with Crippen molar-refractivity contribution in [2.45, 2.75) is 0 Å². The number of nitrogens with one attached hydrogen (secondary N) is 1. The number of aromatic nitrogens is 2. The number of carbonyl (C=O) groups excluding carboxylic acids is 1. The normalized spacial score (nSPS) is 10.6. The van der Waals surface area contributed by atoms with Gasteiger partial charge in [-0.3, -0.25) is 0 Å². The number of nitrogens with zero attached hydrogens (tertiary/aromatic N) is 2. The minimum absolute atomic E-state index is 0.103. The van der Waals surface area contributed by atoms with E-state index >= 15 is 0 Å². The number of rotatable bonds is 2. The second kappa shape index (κ2) is 4.16. The predicted molar refractivity (Wildman–Crippen MR) is 63.1 cm³/mol. The number of hydrogen-bond donors (Lipinski definition) is 1. The predicted octanol–water partition coefficient (Wildman–Crippen LogP) is 1.53. The summed E-state index contributed by atoms with van der Waals surface area (Å²) in [6, 6.07) is 8.82. The Bertz CT molecular complexity index is 660. The van der Waals surface area contributed by atoms with Crippen molar-refractivity contribution in [1.82, 2.24) is 7.96 Å². The van der Waals surface area contributed by atoms with Crippen molar-refractivity contribution in [3.63, 3.8) is 0 Å². The van der Waals surface area contributed by atoms with E-state index in [1.165, 1.54) is 6.26 Å². The number of hydrogen-bond acceptors (Lipinski definition) is 4. The molecule has 2 heterocycles. The first kappa shape index (κ1) is 10.3. The van der Waals surface area contributed by atoms with Crippen LogP contribution in [0.1, 0.15) is 10.6 Å². The number of fused-ring (bicyclic) bond motifs is 1. The van der Waals surface area contributed by atoms with Crippen LogP contribution in [-0.4, -0.2) is 28.8 Å². The third-order valence-corrected chi connectivity index (χ3v) is 3.42. The summed E-state index contributed by atoms with van der Waals surface area (Å²) < 4.78 is 13.6. The van der Waals surface area contributed by atoms with Gasteiger partial charge >= 0.3 is 102 Å². The van der Waals surface area contributed by atoms with Crippen LogP contribution in [0.15, 0.2) is 41.0 Å². The van der Waals surface area contributed by atoms with Crippen molar-refractivity contribution in [1.29, 1.82) is 0 Å². The molecule has 6 heteroatoms. The molecule has 0 atom stereocenters. The molecule has 0 bridgehead atoms. The first-order chi connectivity index (χ1) is 8.34. The van der Waals surface area contributed by atoms with Gasteiger partial charge in [0, 0.05) is 0 Å². The molecule has 2 aromatic heterocycles. The summed E-state index contributed by atoms with van der Waals surface area (Å²) in [4.78, 5) is 11.8. The molecule has 0 unspecified atom stereocenters. The van der Waals surface area contributed by atoms with Crippen LogP contribution >= 0.6 is 0 Å². The Kier molecular flexibility index (Phi) is 2.51. The average molecular weight is 292 g/mol. The van der Waals surface area contributed by atoms with Gasteiger partial charge in [-0.25, -0.2) is 0 Å². The summed E-state index contributed by atoms with van der Waals surface area (Å²) in [5.41, 5.74) is 2.27. The molecule has 5 nitrogen and oxygen atoms in total. The molecule has 0 saturated heterocycles. The van der Waals surface area contributed by atoms with E-state index in [0.717, 1.165) is 11.0 Å². The second-order valence-corrected chi connectivity index (χ2v) is 4.48. The van der Waals surface area contributed by atoms with E-state index in [9.17, 15) is 4.79 Å². The fourth-order valence-corrected chi connectivity index (χ4v) is 2.65. The zero-order valence-corrected chi connectivity index (χ0v) is 10.3. The van der Waals surface area contributed by atoms with E-state index in [0.29, 0.717) is 5.69 Å². The molecule has 17 heavy (non-hydrogen) atoms. The topological polar surface area (TPSA) is 68.0 Å². The van der Waals surface area contributed by atoms with Gasteiger partial charge in [0.1, 0.15) is 0 Å². The number of furan rings is 1. The Morgan fingerprint density at radius 1 is 1.24 bits per heavy atom. The van der Waals surface area contributed by atoms with E-state index in [1.54, 1.807) is 18.2 Å². The van der Waals surface area contributed by atoms with Gasteiger partial charge in [-0.05, 0) is 0 Å². The monoisotopic (exact) mass is 293 g/mol. The molecule has 0 aliphatic carbocycles. The van der Waals surface area contributed by atoms with Crippen LogP contribution in [0.2, 0.25) is 0 Å². The fourth-order valence-electron chi connectivity index (χ4n) is 1.50. The quantitative estimate of drug-likeness (QED) is 0.727. The van der Waals surface area contributed by atoms with Gasteiger partial charge in [0.25, 0.3) is 0 Å². The molecule has 0 aliphatic heterocycles. The Morgan fingerprint density at radius 3 is 3.00 bits per heavy atom. The van der Waals surface area contributed by atoms with E-state index in [4.69, 9.17) is 4.42 Å². The van der Waals surface area contributed by atoms with Crippen molar-refractivity contribution >= 4 is 37.6 Å². The third-order valence-electron chi connectivity index (χ3n) is 2.28. The van der Waals surface area contributed by atoms with Gasteiger partial charge < -0.3 is 0 Å². The van der Waals surface area contributed by atoms with Gasteiger partial charge in [-0.2, -0.15) is 0 Å². The van der Waals surface area contributed by atoms with Crippen molar-refractivity contribution in [3.05, 3.63) is 42.4 Å². The summed E-state index contributed by atoms with van der Waals surface area (Å²) in [5.74, 6) is 0.000971. The molecule has 0 aliphatic rings. The Labute approximate surface area is 103 Å². The zero-order valence-electron chi connectivity index (χ0n) is 8.58. The van der Waals surface area contributed by atoms with Crippen molar-refractivity contribution < 1.29 is 9.21 Å². The minimum atomic E-state index is -0.280. The Morgan fingerprint density at radius 2 is 2.18 bits per heavy atom. The van der Waals surface area contributed by atoms with E-state index in [1.807, 2.05) is 12.1 Å². The standard InChI is InChI=1S/C11H7N3O2Se/c15-11(9-5-2-6-16-9)12-7-3-1-4-8-10(7)14-17-13-8/h1-6H,(H,12,15). The summed E-state index contributed by atoms with van der Waals surface area (Å²) in [6.07, 6.45) is 1.47. The van der Waals surface area contributed by atoms with E-state index in [2.05, 4.69) is 13.3 Å². The maximum absolute atomic E-state index is 11.8. The fraction of sp³-hybridized carbons (Fsp3) is 0. The molecule has 0 saturated carbocycles. The van der Waals surface area contributed by atoms with Crippen LogP contribution in [-0.2, 0) is 0 Å². The molecule has 3 rings (SSSR count). The summed E-state index contributed by atoms with van der Waals surface area (Å²) in [5, 5.41) is 2.77. The van der Waals surface area contributed by atoms with E-state index < -0.39 is 0 Å². The van der Waals surface area contributed by atoms with E-state index in [-0.39, 0.29) is 26.6 Å². The molecule has 0 radical (unpaired) electrons. The summed E-state index contributed by atoms with van der Waals surface area (Å²) >= 11 is -0.103. The molecule has 0 spiro atoms. The van der Waals surface area contributed by atoms with Gasteiger partial charge in [-0.1, -0.05) is 0 Å². The van der Waals surface area contributed by atoms with Gasteiger partial charge in [-0.15, -0.1) is 0 Å². The second-order valence-electron chi connectivity index (χ2n) is 3.37. The summed E-state index contributed by atoms with van der Waals surface area (Å²) in [7, 11) is 0. The molecule has 1 aromatic carbocycles. The van der Waals surface area contributed by atoms with Crippen LogP contribution in [0.4, 0.5) is 5.69 Å². The van der Waals surface area contributed by atoms with Crippen LogP contribution in [0.3, 0.4) is 0 Å². The third kappa shape index (κ3) is 1.88. The first-order valence-corrected chi connectivity index (χ1v) is 6.44. The molecular weight excluding hydrogens is 285 g/mol. The Balaban J connectivity index is 1.95. The maximum atomic E-state index is 11.8. The number of anilines is 1. The molecule has 1 N–H and O–H groups in total. The van der Waals surface area contributed by atoms with Crippen LogP contribution < -0.4 is 5.32 Å². The SMILES string of the molecule is O=C(Nc1cccc2n[se]nc12)c1ccco1. The molecule has 1 amide bonds. The van der Waals surface area contributed by atoms with Crippen molar-refractivity contribution in [2.24, 2.45) is 0 Å². The Hall–Kier alpha value is -1.91. The molecule has 84 valence electrons. The first-order valence-electron chi connectivity index (χ1n) is 4.91. The summed E-state index contributed by atoms with van der Waals surface area (Å²) in [6.45, 7) is 0.